The van der Waals surface area contributed by atoms with Crippen molar-refractivity contribution in [3.8, 4) is 0 Å². The Bertz CT molecular complexity index is 691. The van der Waals surface area contributed by atoms with E-state index < -0.39 is 12.1 Å². The number of allylic oxidation sites excluding steroid dienone is 3. The van der Waals surface area contributed by atoms with Gasteiger partial charge in [0.25, 0.3) is 0 Å². The fourth-order valence-electron chi connectivity index (χ4n) is 6.58. The van der Waals surface area contributed by atoms with E-state index >= 15 is 0 Å². The summed E-state index contributed by atoms with van der Waals surface area (Å²) in [5.74, 6) is -0.0639. The second-order valence-electron chi connectivity index (χ2n) is 14.8. The van der Waals surface area contributed by atoms with Gasteiger partial charge in [-0.05, 0) is 44.9 Å². The first kappa shape index (κ1) is 46.9. The lowest BCUT2D eigenvalue weighted by Gasteiger charge is -2.20. The lowest BCUT2D eigenvalue weighted by atomic mass is 10.0. The predicted molar refractivity (Wildman–Crippen MR) is 212 cm³/mol. The van der Waals surface area contributed by atoms with Gasteiger partial charge in [0.2, 0.25) is 5.91 Å². The van der Waals surface area contributed by atoms with Crippen molar-refractivity contribution in [1.82, 2.24) is 5.32 Å². The van der Waals surface area contributed by atoms with Crippen LogP contribution in [0.5, 0.6) is 0 Å². The van der Waals surface area contributed by atoms with E-state index in [-0.39, 0.29) is 12.5 Å². The molecular formula is C44H85NO3. The molecule has 0 aromatic heterocycles. The third kappa shape index (κ3) is 36.2. The fourth-order valence-corrected chi connectivity index (χ4v) is 6.58. The van der Waals surface area contributed by atoms with Crippen molar-refractivity contribution in [3.05, 3.63) is 24.3 Å². The highest BCUT2D eigenvalue weighted by Crippen LogP contribution is 2.15. The fraction of sp³-hybridized carbons (Fsp3) is 0.886. The van der Waals surface area contributed by atoms with Gasteiger partial charge < -0.3 is 15.5 Å². The zero-order valence-electron chi connectivity index (χ0n) is 32.5. The summed E-state index contributed by atoms with van der Waals surface area (Å²) >= 11 is 0. The first-order valence-corrected chi connectivity index (χ1v) is 21.6. The van der Waals surface area contributed by atoms with Crippen LogP contribution in [0.4, 0.5) is 0 Å². The zero-order valence-corrected chi connectivity index (χ0v) is 32.5. The third-order valence-corrected chi connectivity index (χ3v) is 9.93. The lowest BCUT2D eigenvalue weighted by Crippen LogP contribution is -2.45. The second-order valence-corrected chi connectivity index (χ2v) is 14.8. The molecule has 3 N–H and O–H groups in total. The van der Waals surface area contributed by atoms with E-state index in [9.17, 15) is 15.0 Å². The Labute approximate surface area is 300 Å². The van der Waals surface area contributed by atoms with Crippen LogP contribution in [0.2, 0.25) is 0 Å². The van der Waals surface area contributed by atoms with E-state index in [1.165, 1.54) is 186 Å². The zero-order chi connectivity index (χ0) is 35.0. The molecule has 2 unspecified atom stereocenters. The Morgan fingerprint density at radius 1 is 0.479 bits per heavy atom. The molecule has 0 saturated carbocycles. The molecule has 0 saturated heterocycles. The summed E-state index contributed by atoms with van der Waals surface area (Å²) in [7, 11) is 0. The van der Waals surface area contributed by atoms with Crippen LogP contribution in [0.25, 0.3) is 0 Å². The molecule has 0 spiro atoms. The van der Waals surface area contributed by atoms with Crippen molar-refractivity contribution >= 4 is 5.91 Å². The largest absolute Gasteiger partial charge is 0.394 e. The first-order chi connectivity index (χ1) is 23.7. The number of amides is 1. The topological polar surface area (TPSA) is 69.6 Å². The van der Waals surface area contributed by atoms with E-state index in [1.807, 2.05) is 6.08 Å². The second kappa shape index (κ2) is 40.3. The van der Waals surface area contributed by atoms with Gasteiger partial charge in [0.15, 0.2) is 0 Å². The third-order valence-electron chi connectivity index (χ3n) is 9.93. The molecule has 0 aliphatic heterocycles. The standard InChI is InChI=1S/C44H85NO3/c1-3-5-7-9-11-13-15-16-17-18-19-20-21-22-23-24-25-26-27-28-30-32-34-36-38-40-44(48)45-42(41-46)43(47)39-37-35-33-31-29-14-12-10-8-6-4-2/h18-19,37,39,42-43,46-47H,3-17,20-36,38,40-41H2,1-2H3,(H,45,48)/b19-18-,39-37+. The van der Waals surface area contributed by atoms with Crippen molar-refractivity contribution in [1.29, 1.82) is 0 Å². The molecule has 0 aliphatic rings. The molecule has 0 fully saturated rings. The Morgan fingerprint density at radius 2 is 0.792 bits per heavy atom. The van der Waals surface area contributed by atoms with Gasteiger partial charge in [0.1, 0.15) is 0 Å². The van der Waals surface area contributed by atoms with Crippen LogP contribution in [0.3, 0.4) is 0 Å². The van der Waals surface area contributed by atoms with Crippen LogP contribution in [0.15, 0.2) is 24.3 Å². The molecule has 4 nitrogen and oxygen atoms in total. The Hall–Kier alpha value is -1.13. The van der Waals surface area contributed by atoms with Gasteiger partial charge in [-0.15, -0.1) is 0 Å². The number of hydrogen-bond acceptors (Lipinski definition) is 3. The molecule has 0 aromatic carbocycles. The minimum atomic E-state index is -0.834. The smallest absolute Gasteiger partial charge is 0.220 e. The summed E-state index contributed by atoms with van der Waals surface area (Å²) in [6.45, 7) is 4.30. The average molecular weight is 676 g/mol. The molecular weight excluding hydrogens is 590 g/mol. The maximum atomic E-state index is 12.3. The SMILES string of the molecule is CCCCCCCCCC/C=C\CCCCCCCCCCCCCCCC(=O)NC(CO)C(O)/C=C/CCCCCCCCCCC. The summed E-state index contributed by atoms with van der Waals surface area (Å²) in [6, 6.07) is -0.617. The molecule has 1 amide bonds. The molecule has 0 radical (unpaired) electrons. The van der Waals surface area contributed by atoms with Crippen LogP contribution in [-0.2, 0) is 4.79 Å². The minimum absolute atomic E-state index is 0.0639. The molecule has 48 heavy (non-hydrogen) atoms. The highest BCUT2D eigenvalue weighted by molar-refractivity contribution is 5.76. The molecule has 0 aromatic rings. The number of carbonyl (C=O) groups excluding carboxylic acids is 1. The Morgan fingerprint density at radius 3 is 1.15 bits per heavy atom. The van der Waals surface area contributed by atoms with Crippen molar-refractivity contribution in [2.45, 2.75) is 244 Å². The summed E-state index contributed by atoms with van der Waals surface area (Å²) in [6.07, 6.45) is 51.5. The Balaban J connectivity index is 3.49. The summed E-state index contributed by atoms with van der Waals surface area (Å²) in [5.41, 5.74) is 0. The van der Waals surface area contributed by atoms with Crippen molar-refractivity contribution in [2.24, 2.45) is 0 Å². The number of carbonyl (C=O) groups is 1. The maximum absolute atomic E-state index is 12.3. The molecule has 0 aliphatic carbocycles. The van der Waals surface area contributed by atoms with Gasteiger partial charge in [0.05, 0.1) is 18.8 Å². The van der Waals surface area contributed by atoms with E-state index in [0.29, 0.717) is 6.42 Å². The first-order valence-electron chi connectivity index (χ1n) is 21.6. The average Bonchev–Trinajstić information content (AvgIpc) is 3.09. The van der Waals surface area contributed by atoms with Gasteiger partial charge in [-0.3, -0.25) is 4.79 Å². The maximum Gasteiger partial charge on any atom is 0.220 e. The van der Waals surface area contributed by atoms with E-state index in [2.05, 4.69) is 31.3 Å². The molecule has 4 heteroatoms. The van der Waals surface area contributed by atoms with Gasteiger partial charge in [-0.1, -0.05) is 205 Å². The minimum Gasteiger partial charge on any atom is -0.394 e. The molecule has 0 rings (SSSR count). The van der Waals surface area contributed by atoms with Crippen LogP contribution >= 0.6 is 0 Å². The normalized spacial score (nSPS) is 13.2. The van der Waals surface area contributed by atoms with Crippen molar-refractivity contribution in [3.63, 3.8) is 0 Å². The molecule has 284 valence electrons. The van der Waals surface area contributed by atoms with Crippen molar-refractivity contribution < 1.29 is 15.0 Å². The van der Waals surface area contributed by atoms with Gasteiger partial charge >= 0.3 is 0 Å². The molecule has 0 heterocycles. The quantitative estimate of drug-likeness (QED) is 0.0448. The van der Waals surface area contributed by atoms with Gasteiger partial charge in [-0.25, -0.2) is 0 Å². The number of hydrogen-bond donors (Lipinski definition) is 3. The van der Waals surface area contributed by atoms with E-state index in [0.717, 1.165) is 25.7 Å². The number of rotatable bonds is 39. The van der Waals surface area contributed by atoms with Gasteiger partial charge in [0, 0.05) is 6.42 Å². The predicted octanol–water partition coefficient (Wildman–Crippen LogP) is 13.2. The number of aliphatic hydroxyl groups is 2. The number of nitrogens with one attached hydrogen (secondary N) is 1. The molecule has 0 bridgehead atoms. The number of unbranched alkanes of at least 4 members (excludes halogenated alkanes) is 30. The molecule has 2 atom stereocenters. The summed E-state index contributed by atoms with van der Waals surface area (Å²) in [5, 5.41) is 22.9. The Kier molecular flexibility index (Phi) is 39.4. The number of aliphatic hydroxyl groups excluding tert-OH is 2. The van der Waals surface area contributed by atoms with E-state index in [1.54, 1.807) is 6.08 Å². The highest BCUT2D eigenvalue weighted by Gasteiger charge is 2.17. The van der Waals surface area contributed by atoms with Crippen LogP contribution in [-0.4, -0.2) is 34.9 Å². The monoisotopic (exact) mass is 676 g/mol. The van der Waals surface area contributed by atoms with Crippen molar-refractivity contribution in [2.75, 3.05) is 6.61 Å². The van der Waals surface area contributed by atoms with Crippen LogP contribution in [0, 0.1) is 0 Å². The summed E-state index contributed by atoms with van der Waals surface area (Å²) < 4.78 is 0. The van der Waals surface area contributed by atoms with E-state index in [4.69, 9.17) is 0 Å². The van der Waals surface area contributed by atoms with Gasteiger partial charge in [-0.2, -0.15) is 0 Å². The summed E-state index contributed by atoms with van der Waals surface area (Å²) in [4.78, 5) is 12.3. The highest BCUT2D eigenvalue weighted by atomic mass is 16.3. The van der Waals surface area contributed by atoms with Crippen LogP contribution < -0.4 is 5.32 Å². The lowest BCUT2D eigenvalue weighted by molar-refractivity contribution is -0.123. The van der Waals surface area contributed by atoms with Crippen LogP contribution in [0.1, 0.15) is 232 Å².